The number of hydrogen-bond acceptors (Lipinski definition) is 6. The maximum absolute atomic E-state index is 10.8. The van der Waals surface area contributed by atoms with Gasteiger partial charge in [-0.25, -0.2) is 0 Å². The van der Waals surface area contributed by atoms with Gasteiger partial charge >= 0.3 is 17.6 Å². The van der Waals surface area contributed by atoms with Gasteiger partial charge in [0.05, 0.1) is 4.92 Å². The predicted molar refractivity (Wildman–Crippen MR) is 55.7 cm³/mol. The molecule has 0 unspecified atom stereocenters. The molecule has 0 atom stereocenters. The van der Waals surface area contributed by atoms with Gasteiger partial charge in [0.15, 0.2) is 5.75 Å². The van der Waals surface area contributed by atoms with Gasteiger partial charge in [-0.05, 0) is 6.07 Å². The first-order valence-corrected chi connectivity index (χ1v) is 4.56. The lowest BCUT2D eigenvalue weighted by molar-refractivity contribution is -0.385. The number of nitro groups is 1. The average Bonchev–Trinajstić information content (AvgIpc) is 2.18. The van der Waals surface area contributed by atoms with Crippen LogP contribution in [-0.2, 0) is 9.59 Å². The molecule has 90 valence electrons. The Hall–Kier alpha value is -2.44. The molecule has 0 aliphatic heterocycles. The van der Waals surface area contributed by atoms with Crippen molar-refractivity contribution in [2.45, 2.75) is 13.8 Å². The second kappa shape index (κ2) is 5.06. The molecule has 0 amide bonds. The van der Waals surface area contributed by atoms with Crippen LogP contribution in [0.1, 0.15) is 13.8 Å². The minimum Gasteiger partial charge on any atom is -0.422 e. The monoisotopic (exact) mass is 239 g/mol. The zero-order chi connectivity index (χ0) is 13.0. The van der Waals surface area contributed by atoms with Crippen molar-refractivity contribution in [3.05, 3.63) is 28.3 Å². The Labute approximate surface area is 96.1 Å². The Morgan fingerprint density at radius 3 is 2.24 bits per heavy atom. The van der Waals surface area contributed by atoms with Crippen molar-refractivity contribution >= 4 is 17.6 Å². The van der Waals surface area contributed by atoms with Crippen LogP contribution < -0.4 is 9.47 Å². The van der Waals surface area contributed by atoms with Gasteiger partial charge in [0.25, 0.3) is 5.75 Å². The third kappa shape index (κ3) is 3.26. The summed E-state index contributed by atoms with van der Waals surface area (Å²) in [5, 5.41) is 10.7. The highest BCUT2D eigenvalue weighted by Crippen LogP contribution is 2.36. The SMILES string of the molecule is CC(=O)Oc1cccc([N+](=O)[O-])c1OC(C)=O. The van der Waals surface area contributed by atoms with Crippen LogP contribution in [-0.4, -0.2) is 16.9 Å². The normalized spacial score (nSPS) is 9.53. The van der Waals surface area contributed by atoms with E-state index in [-0.39, 0.29) is 11.5 Å². The predicted octanol–water partition coefficient (Wildman–Crippen LogP) is 1.45. The number of benzene rings is 1. The third-order valence-electron chi connectivity index (χ3n) is 1.65. The number of hydrogen-bond donors (Lipinski definition) is 0. The van der Waals surface area contributed by atoms with Crippen LogP contribution in [0.5, 0.6) is 11.5 Å². The van der Waals surface area contributed by atoms with E-state index in [1.807, 2.05) is 0 Å². The van der Waals surface area contributed by atoms with Gasteiger partial charge in [-0.3, -0.25) is 19.7 Å². The molecule has 0 spiro atoms. The Balaban J connectivity index is 3.28. The zero-order valence-corrected chi connectivity index (χ0v) is 9.13. The molecule has 1 aromatic rings. The number of nitrogens with zero attached hydrogens (tertiary/aromatic N) is 1. The fraction of sp³-hybridized carbons (Fsp3) is 0.200. The third-order valence-corrected chi connectivity index (χ3v) is 1.65. The van der Waals surface area contributed by atoms with Gasteiger partial charge in [-0.1, -0.05) is 6.07 Å². The summed E-state index contributed by atoms with van der Waals surface area (Å²) in [7, 11) is 0. The topological polar surface area (TPSA) is 95.7 Å². The van der Waals surface area contributed by atoms with Crippen molar-refractivity contribution in [2.24, 2.45) is 0 Å². The summed E-state index contributed by atoms with van der Waals surface area (Å²) < 4.78 is 9.40. The quantitative estimate of drug-likeness (QED) is 0.343. The lowest BCUT2D eigenvalue weighted by Gasteiger charge is -2.08. The summed E-state index contributed by atoms with van der Waals surface area (Å²) in [6.07, 6.45) is 0. The van der Waals surface area contributed by atoms with Crippen LogP contribution in [0, 0.1) is 10.1 Å². The first-order chi connectivity index (χ1) is 7.91. The number of para-hydroxylation sites is 1. The molecule has 0 aromatic heterocycles. The molecule has 1 rings (SSSR count). The summed E-state index contributed by atoms with van der Waals surface area (Å²) in [5.41, 5.74) is -0.445. The van der Waals surface area contributed by atoms with E-state index < -0.39 is 22.5 Å². The van der Waals surface area contributed by atoms with Gasteiger partial charge in [-0.2, -0.15) is 0 Å². The molecule has 0 saturated carbocycles. The highest BCUT2D eigenvalue weighted by Gasteiger charge is 2.22. The maximum atomic E-state index is 10.8. The van der Waals surface area contributed by atoms with Crippen LogP contribution in [0.2, 0.25) is 0 Å². The van der Waals surface area contributed by atoms with Crippen molar-refractivity contribution in [1.82, 2.24) is 0 Å². The van der Waals surface area contributed by atoms with E-state index in [9.17, 15) is 19.7 Å². The zero-order valence-electron chi connectivity index (χ0n) is 9.13. The molecule has 0 aliphatic carbocycles. The highest BCUT2D eigenvalue weighted by atomic mass is 16.6. The van der Waals surface area contributed by atoms with Gasteiger partial charge in [0.1, 0.15) is 0 Å². The highest BCUT2D eigenvalue weighted by molar-refractivity contribution is 5.76. The Morgan fingerprint density at radius 1 is 1.18 bits per heavy atom. The molecule has 1 aromatic carbocycles. The number of nitro benzene ring substituents is 1. The van der Waals surface area contributed by atoms with E-state index in [2.05, 4.69) is 4.74 Å². The van der Waals surface area contributed by atoms with Crippen molar-refractivity contribution in [2.75, 3.05) is 0 Å². The second-order valence-corrected chi connectivity index (χ2v) is 3.05. The lowest BCUT2D eigenvalue weighted by atomic mass is 10.2. The molecule has 0 fully saturated rings. The molecular weight excluding hydrogens is 230 g/mol. The van der Waals surface area contributed by atoms with Gasteiger partial charge < -0.3 is 9.47 Å². The molecule has 7 heteroatoms. The van der Waals surface area contributed by atoms with Gasteiger partial charge in [-0.15, -0.1) is 0 Å². The summed E-state index contributed by atoms with van der Waals surface area (Å²) in [4.78, 5) is 31.6. The molecule has 0 radical (unpaired) electrons. The number of rotatable bonds is 3. The van der Waals surface area contributed by atoms with E-state index >= 15 is 0 Å². The van der Waals surface area contributed by atoms with E-state index in [1.165, 1.54) is 12.1 Å². The van der Waals surface area contributed by atoms with E-state index in [0.29, 0.717) is 0 Å². The second-order valence-electron chi connectivity index (χ2n) is 3.05. The van der Waals surface area contributed by atoms with E-state index in [1.54, 1.807) is 0 Å². The average molecular weight is 239 g/mol. The van der Waals surface area contributed by atoms with Crippen LogP contribution in [0.3, 0.4) is 0 Å². The standard InChI is InChI=1S/C10H9NO6/c1-6(12)16-9-5-3-4-8(11(14)15)10(9)17-7(2)13/h3-5H,1-2H3. The van der Waals surface area contributed by atoms with Crippen molar-refractivity contribution < 1.29 is 24.0 Å². The lowest BCUT2D eigenvalue weighted by Crippen LogP contribution is -2.08. The molecule has 0 heterocycles. The summed E-state index contributed by atoms with van der Waals surface area (Å²) >= 11 is 0. The first kappa shape index (κ1) is 12.6. The fourth-order valence-electron chi connectivity index (χ4n) is 1.13. The number of carbonyl (C=O) groups is 2. The fourth-order valence-corrected chi connectivity index (χ4v) is 1.13. The minimum atomic E-state index is -0.743. The molecule has 0 N–H and O–H groups in total. The van der Waals surface area contributed by atoms with Crippen LogP contribution in [0.15, 0.2) is 18.2 Å². The molecule has 17 heavy (non-hydrogen) atoms. The molecule has 0 aliphatic rings. The number of ether oxygens (including phenoxy) is 2. The molecule has 0 bridgehead atoms. The van der Waals surface area contributed by atoms with E-state index in [4.69, 9.17) is 4.74 Å². The Bertz CT molecular complexity index is 482. The van der Waals surface area contributed by atoms with Gasteiger partial charge in [0.2, 0.25) is 0 Å². The number of esters is 2. The Morgan fingerprint density at radius 2 is 1.76 bits per heavy atom. The number of carbonyl (C=O) groups excluding carboxylic acids is 2. The summed E-state index contributed by atoms with van der Waals surface area (Å²) in [6.45, 7) is 2.23. The van der Waals surface area contributed by atoms with Crippen molar-refractivity contribution in [1.29, 1.82) is 0 Å². The van der Waals surface area contributed by atoms with Crippen molar-refractivity contribution in [3.8, 4) is 11.5 Å². The summed E-state index contributed by atoms with van der Waals surface area (Å²) in [5.74, 6) is -1.95. The van der Waals surface area contributed by atoms with Crippen LogP contribution >= 0.6 is 0 Å². The minimum absolute atomic E-state index is 0.165. The van der Waals surface area contributed by atoms with Crippen LogP contribution in [0.4, 0.5) is 5.69 Å². The molecular formula is C10H9NO6. The van der Waals surface area contributed by atoms with Crippen molar-refractivity contribution in [3.63, 3.8) is 0 Å². The van der Waals surface area contributed by atoms with Crippen LogP contribution in [0.25, 0.3) is 0 Å². The summed E-state index contributed by atoms with van der Waals surface area (Å²) in [6, 6.07) is 3.77. The Kier molecular flexibility index (Phi) is 3.76. The van der Waals surface area contributed by atoms with E-state index in [0.717, 1.165) is 19.9 Å². The largest absolute Gasteiger partial charge is 0.422 e. The first-order valence-electron chi connectivity index (χ1n) is 4.56. The molecule has 7 nitrogen and oxygen atoms in total. The van der Waals surface area contributed by atoms with Gasteiger partial charge in [0, 0.05) is 19.9 Å². The smallest absolute Gasteiger partial charge is 0.315 e. The molecule has 0 saturated heterocycles. The maximum Gasteiger partial charge on any atom is 0.315 e.